The first-order valence-corrected chi connectivity index (χ1v) is 5.78. The highest BCUT2D eigenvalue weighted by Crippen LogP contribution is 2.17. The highest BCUT2D eigenvalue weighted by atomic mass is 35.5. The Labute approximate surface area is 92.3 Å². The number of halogens is 1. The molecule has 0 spiro atoms. The van der Waals surface area contributed by atoms with E-state index in [0.717, 1.165) is 19.3 Å². The van der Waals surface area contributed by atoms with Gasteiger partial charge in [-0.25, -0.2) is 0 Å². The van der Waals surface area contributed by atoms with Gasteiger partial charge in [-0.05, 0) is 49.8 Å². The number of hydrogen-bond donors (Lipinski definition) is 0. The molecule has 0 nitrogen and oxygen atoms in total. The van der Waals surface area contributed by atoms with Crippen LogP contribution < -0.4 is 0 Å². The molecule has 0 heterocycles. The summed E-state index contributed by atoms with van der Waals surface area (Å²) < 4.78 is 0. The van der Waals surface area contributed by atoms with Crippen molar-refractivity contribution in [1.29, 1.82) is 0 Å². The molecule has 1 atom stereocenters. The molecule has 14 heavy (non-hydrogen) atoms. The van der Waals surface area contributed by atoms with Crippen molar-refractivity contribution in [2.75, 3.05) is 0 Å². The second kappa shape index (κ2) is 5.41. The lowest BCUT2D eigenvalue weighted by Crippen LogP contribution is -2.00. The Hall–Kier alpha value is -0.490. The van der Waals surface area contributed by atoms with Crippen LogP contribution in [0.3, 0.4) is 0 Å². The van der Waals surface area contributed by atoms with Crippen LogP contribution in [0.2, 0.25) is 0 Å². The van der Waals surface area contributed by atoms with Crippen molar-refractivity contribution in [3.8, 4) is 0 Å². The Bertz CT molecular complexity index is 291. The highest BCUT2D eigenvalue weighted by Gasteiger charge is 2.04. The number of rotatable bonds is 4. The lowest BCUT2D eigenvalue weighted by atomic mass is 9.99. The molecule has 0 radical (unpaired) electrons. The standard InChI is InChI=1S/C13H19Cl/c1-4-13(14)9-8-12-7-5-6-10(2)11(12)3/h5-7,13H,4,8-9H2,1-3H3. The topological polar surface area (TPSA) is 0 Å². The van der Waals surface area contributed by atoms with E-state index in [1.807, 2.05) is 0 Å². The molecule has 78 valence electrons. The Morgan fingerprint density at radius 3 is 2.64 bits per heavy atom. The zero-order valence-electron chi connectivity index (χ0n) is 9.31. The SMILES string of the molecule is CCC(Cl)CCc1cccc(C)c1C. The van der Waals surface area contributed by atoms with Crippen molar-refractivity contribution in [2.45, 2.75) is 45.4 Å². The summed E-state index contributed by atoms with van der Waals surface area (Å²) in [5, 5.41) is 0.329. The Kier molecular flexibility index (Phi) is 4.47. The van der Waals surface area contributed by atoms with Crippen LogP contribution in [0, 0.1) is 13.8 Å². The van der Waals surface area contributed by atoms with Gasteiger partial charge in [-0.1, -0.05) is 25.1 Å². The Morgan fingerprint density at radius 1 is 1.29 bits per heavy atom. The van der Waals surface area contributed by atoms with Crippen molar-refractivity contribution in [3.05, 3.63) is 34.9 Å². The molecule has 1 unspecified atom stereocenters. The molecule has 0 aliphatic rings. The van der Waals surface area contributed by atoms with Gasteiger partial charge in [0.2, 0.25) is 0 Å². The normalized spacial score (nSPS) is 12.9. The van der Waals surface area contributed by atoms with E-state index in [0.29, 0.717) is 5.38 Å². The van der Waals surface area contributed by atoms with Crippen LogP contribution in [0.15, 0.2) is 18.2 Å². The monoisotopic (exact) mass is 210 g/mol. The molecule has 0 N–H and O–H groups in total. The second-order valence-electron chi connectivity index (χ2n) is 3.90. The number of benzene rings is 1. The summed E-state index contributed by atoms with van der Waals surface area (Å²) in [6.07, 6.45) is 3.25. The van der Waals surface area contributed by atoms with Gasteiger partial charge in [-0.3, -0.25) is 0 Å². The first-order valence-electron chi connectivity index (χ1n) is 5.34. The van der Waals surface area contributed by atoms with E-state index in [9.17, 15) is 0 Å². The average molecular weight is 211 g/mol. The molecule has 1 aromatic rings. The summed E-state index contributed by atoms with van der Waals surface area (Å²) in [5.74, 6) is 0. The van der Waals surface area contributed by atoms with Gasteiger partial charge in [-0.15, -0.1) is 11.6 Å². The van der Waals surface area contributed by atoms with Gasteiger partial charge in [0.1, 0.15) is 0 Å². The summed E-state index contributed by atoms with van der Waals surface area (Å²) in [5.41, 5.74) is 4.25. The van der Waals surface area contributed by atoms with E-state index in [1.54, 1.807) is 0 Å². The van der Waals surface area contributed by atoms with Gasteiger partial charge < -0.3 is 0 Å². The van der Waals surface area contributed by atoms with Gasteiger partial charge in [0.25, 0.3) is 0 Å². The van der Waals surface area contributed by atoms with Gasteiger partial charge in [0.15, 0.2) is 0 Å². The third-order valence-electron chi connectivity index (χ3n) is 2.89. The highest BCUT2D eigenvalue weighted by molar-refractivity contribution is 6.20. The summed E-state index contributed by atoms with van der Waals surface area (Å²) >= 11 is 6.11. The van der Waals surface area contributed by atoms with Crippen LogP contribution in [0.5, 0.6) is 0 Å². The van der Waals surface area contributed by atoms with Crippen molar-refractivity contribution in [1.82, 2.24) is 0 Å². The largest absolute Gasteiger partial charge is 0.123 e. The summed E-state index contributed by atoms with van der Waals surface area (Å²) in [6.45, 7) is 6.50. The predicted molar refractivity (Wildman–Crippen MR) is 64.2 cm³/mol. The average Bonchev–Trinajstić information content (AvgIpc) is 2.20. The fraction of sp³-hybridized carbons (Fsp3) is 0.538. The van der Waals surface area contributed by atoms with Crippen molar-refractivity contribution in [2.24, 2.45) is 0 Å². The van der Waals surface area contributed by atoms with E-state index in [4.69, 9.17) is 11.6 Å². The van der Waals surface area contributed by atoms with Gasteiger partial charge in [-0.2, -0.15) is 0 Å². The summed E-state index contributed by atoms with van der Waals surface area (Å²) in [4.78, 5) is 0. The minimum atomic E-state index is 0.329. The first-order chi connectivity index (χ1) is 6.65. The van der Waals surface area contributed by atoms with Gasteiger partial charge >= 0.3 is 0 Å². The zero-order valence-corrected chi connectivity index (χ0v) is 10.1. The molecule has 0 aromatic heterocycles. The van der Waals surface area contributed by atoms with Crippen LogP contribution in [0.4, 0.5) is 0 Å². The molecule has 0 saturated carbocycles. The molecule has 1 aromatic carbocycles. The zero-order chi connectivity index (χ0) is 10.6. The van der Waals surface area contributed by atoms with Crippen LogP contribution in [0.1, 0.15) is 36.5 Å². The third kappa shape index (κ3) is 3.02. The van der Waals surface area contributed by atoms with E-state index < -0.39 is 0 Å². The Morgan fingerprint density at radius 2 is 2.00 bits per heavy atom. The van der Waals surface area contributed by atoms with Crippen LogP contribution >= 0.6 is 11.6 Å². The van der Waals surface area contributed by atoms with Crippen LogP contribution in [0.25, 0.3) is 0 Å². The van der Waals surface area contributed by atoms with Gasteiger partial charge in [0.05, 0.1) is 0 Å². The molecule has 1 rings (SSSR count). The molecule has 0 bridgehead atoms. The number of hydrogen-bond acceptors (Lipinski definition) is 0. The quantitative estimate of drug-likeness (QED) is 0.652. The predicted octanol–water partition coefficient (Wildman–Crippen LogP) is 4.25. The number of aryl methyl sites for hydroxylation is 2. The molecular weight excluding hydrogens is 192 g/mol. The van der Waals surface area contributed by atoms with Crippen molar-refractivity contribution >= 4 is 11.6 Å². The smallest absolute Gasteiger partial charge is 0.0336 e. The van der Waals surface area contributed by atoms with Crippen LogP contribution in [-0.4, -0.2) is 5.38 Å². The van der Waals surface area contributed by atoms with Crippen molar-refractivity contribution in [3.63, 3.8) is 0 Å². The minimum absolute atomic E-state index is 0.329. The molecule has 0 aliphatic carbocycles. The molecule has 0 amide bonds. The fourth-order valence-corrected chi connectivity index (χ4v) is 1.71. The van der Waals surface area contributed by atoms with E-state index >= 15 is 0 Å². The fourth-order valence-electron chi connectivity index (χ4n) is 1.60. The van der Waals surface area contributed by atoms with E-state index in [2.05, 4.69) is 39.0 Å². The molecule has 0 fully saturated rings. The molecule has 0 saturated heterocycles. The second-order valence-corrected chi connectivity index (χ2v) is 4.52. The summed E-state index contributed by atoms with van der Waals surface area (Å²) in [6, 6.07) is 6.51. The molecule has 1 heteroatoms. The third-order valence-corrected chi connectivity index (χ3v) is 3.41. The van der Waals surface area contributed by atoms with E-state index in [1.165, 1.54) is 16.7 Å². The minimum Gasteiger partial charge on any atom is -0.123 e. The molecular formula is C13H19Cl. The van der Waals surface area contributed by atoms with Crippen molar-refractivity contribution < 1.29 is 0 Å². The Balaban J connectivity index is 2.63. The molecule has 0 aliphatic heterocycles. The van der Waals surface area contributed by atoms with E-state index in [-0.39, 0.29) is 0 Å². The lowest BCUT2D eigenvalue weighted by molar-refractivity contribution is 0.724. The lowest BCUT2D eigenvalue weighted by Gasteiger charge is -2.10. The van der Waals surface area contributed by atoms with Crippen LogP contribution in [-0.2, 0) is 6.42 Å². The maximum absolute atomic E-state index is 6.11. The maximum atomic E-state index is 6.11. The number of alkyl halides is 1. The first kappa shape index (κ1) is 11.6. The van der Waals surface area contributed by atoms with Gasteiger partial charge in [0, 0.05) is 5.38 Å². The summed E-state index contributed by atoms with van der Waals surface area (Å²) in [7, 11) is 0. The maximum Gasteiger partial charge on any atom is 0.0336 e.